The Morgan fingerprint density at radius 1 is 0.532 bits per heavy atom. The molecule has 6 heteroatoms. The van der Waals surface area contributed by atoms with Crippen molar-refractivity contribution in [3.63, 3.8) is 0 Å². The molecule has 1 radical (unpaired) electrons. The predicted molar refractivity (Wildman–Crippen MR) is 186 cm³/mol. The van der Waals surface area contributed by atoms with Crippen molar-refractivity contribution in [2.45, 2.75) is 13.8 Å². The molecule has 4 aromatic carbocycles. The van der Waals surface area contributed by atoms with E-state index in [4.69, 9.17) is 9.97 Å². The molecule has 8 rings (SSSR count). The zero-order valence-electron chi connectivity index (χ0n) is 25.8. The molecule has 5 nitrogen and oxygen atoms in total. The molecule has 0 saturated heterocycles. The SMILES string of the molecule is Cc1cnc2cc(-c3cncc(-c4cc(-c5ccccn5)[c-]cc4C)n3)c3ccccc3c2c1.[Ir].[c-]1ccccc1-c1ccccn1. The fraction of sp³-hybridized carbons (Fsp3) is 0.0488. The summed E-state index contributed by atoms with van der Waals surface area (Å²) in [7, 11) is 0. The number of rotatable bonds is 4. The molecule has 0 spiro atoms. The predicted octanol–water partition coefficient (Wildman–Crippen LogP) is 9.54. The largest absolute Gasteiger partial charge is 0.305 e. The Balaban J connectivity index is 0.000000250. The Morgan fingerprint density at radius 3 is 1.91 bits per heavy atom. The van der Waals surface area contributed by atoms with Gasteiger partial charge in [-0.05, 0) is 58.9 Å². The van der Waals surface area contributed by atoms with E-state index in [1.165, 1.54) is 5.39 Å². The van der Waals surface area contributed by atoms with Gasteiger partial charge in [-0.15, -0.1) is 65.2 Å². The standard InChI is InChI=1S/C30H21N4.C11H8N.Ir/c1-19-13-25-22-7-3-4-8-23(22)26(15-28(25)33-16-19)30-18-31-17-29(34-30)24-14-21(11-10-20(24)2)27-9-5-6-12-32-27;1-2-6-10(7-3-1)11-8-4-5-9-12-11;/h3-10,12-18H,1-2H3;1-6,8-9H;/q2*-1;. The maximum absolute atomic E-state index is 5.06. The molecule has 0 aliphatic heterocycles. The summed E-state index contributed by atoms with van der Waals surface area (Å²) < 4.78 is 0. The number of aryl methyl sites for hydroxylation is 2. The first-order valence-electron chi connectivity index (χ1n) is 15.1. The van der Waals surface area contributed by atoms with E-state index in [2.05, 4.69) is 83.4 Å². The van der Waals surface area contributed by atoms with Crippen LogP contribution in [-0.4, -0.2) is 24.9 Å². The number of benzene rings is 4. The van der Waals surface area contributed by atoms with Gasteiger partial charge in [0.2, 0.25) is 0 Å². The van der Waals surface area contributed by atoms with Gasteiger partial charge in [-0.1, -0.05) is 61.0 Å². The van der Waals surface area contributed by atoms with Crippen LogP contribution in [0.1, 0.15) is 11.1 Å². The van der Waals surface area contributed by atoms with Crippen LogP contribution in [0.5, 0.6) is 0 Å². The number of nitrogens with zero attached hydrogens (tertiary/aromatic N) is 5. The summed E-state index contributed by atoms with van der Waals surface area (Å²) in [6, 6.07) is 42.9. The van der Waals surface area contributed by atoms with E-state index in [1.54, 1.807) is 12.4 Å². The van der Waals surface area contributed by atoms with Crippen LogP contribution in [0.4, 0.5) is 0 Å². The van der Waals surface area contributed by atoms with Gasteiger partial charge in [-0.25, -0.2) is 4.98 Å². The molecule has 0 amide bonds. The third kappa shape index (κ3) is 6.90. The Bertz CT molecular complexity index is 2240. The van der Waals surface area contributed by atoms with Crippen molar-refractivity contribution in [3.8, 4) is 45.0 Å². The number of hydrogen-bond donors (Lipinski definition) is 0. The van der Waals surface area contributed by atoms with E-state index in [1.807, 2.05) is 85.3 Å². The van der Waals surface area contributed by atoms with Gasteiger partial charge >= 0.3 is 0 Å². The molecule has 0 fully saturated rings. The van der Waals surface area contributed by atoms with Crippen LogP contribution >= 0.6 is 0 Å². The zero-order valence-corrected chi connectivity index (χ0v) is 28.2. The molecular formula is C41H29IrN5-2. The second-order valence-electron chi connectivity index (χ2n) is 11.0. The molecule has 229 valence electrons. The molecule has 8 aromatic rings. The summed E-state index contributed by atoms with van der Waals surface area (Å²) in [6.07, 6.45) is 9.14. The molecule has 4 aromatic heterocycles. The Kier molecular flexibility index (Phi) is 9.63. The molecule has 0 unspecified atom stereocenters. The third-order valence-corrected chi connectivity index (χ3v) is 7.78. The van der Waals surface area contributed by atoms with Gasteiger partial charge in [-0.3, -0.25) is 9.97 Å². The molecule has 0 saturated carbocycles. The summed E-state index contributed by atoms with van der Waals surface area (Å²) in [5.74, 6) is 0. The summed E-state index contributed by atoms with van der Waals surface area (Å²) in [4.78, 5) is 23.0. The van der Waals surface area contributed by atoms with Crippen molar-refractivity contribution in [2.24, 2.45) is 0 Å². The minimum Gasteiger partial charge on any atom is -0.305 e. The van der Waals surface area contributed by atoms with Crippen molar-refractivity contribution in [1.29, 1.82) is 0 Å². The summed E-state index contributed by atoms with van der Waals surface area (Å²) in [6.45, 7) is 4.14. The smallest absolute Gasteiger partial charge is 0.0899 e. The first kappa shape index (κ1) is 31.6. The maximum Gasteiger partial charge on any atom is 0.0899 e. The van der Waals surface area contributed by atoms with Crippen molar-refractivity contribution < 1.29 is 20.1 Å². The Morgan fingerprint density at radius 2 is 1.21 bits per heavy atom. The minimum atomic E-state index is 0. The van der Waals surface area contributed by atoms with Crippen LogP contribution < -0.4 is 0 Å². The number of fused-ring (bicyclic) bond motifs is 3. The maximum atomic E-state index is 5.06. The monoisotopic (exact) mass is 784 g/mol. The van der Waals surface area contributed by atoms with Gasteiger partial charge in [-0.2, -0.15) is 0 Å². The normalized spacial score (nSPS) is 10.6. The summed E-state index contributed by atoms with van der Waals surface area (Å²) in [5, 5.41) is 3.46. The third-order valence-electron chi connectivity index (χ3n) is 7.78. The van der Waals surface area contributed by atoms with Gasteiger partial charge in [0.25, 0.3) is 0 Å². The van der Waals surface area contributed by atoms with Crippen LogP contribution in [0.2, 0.25) is 0 Å². The number of hydrogen-bond acceptors (Lipinski definition) is 5. The molecule has 0 aliphatic rings. The minimum absolute atomic E-state index is 0. The molecule has 4 heterocycles. The molecule has 0 N–H and O–H groups in total. The van der Waals surface area contributed by atoms with Gasteiger partial charge in [0, 0.05) is 49.6 Å². The zero-order chi connectivity index (χ0) is 31.3. The topological polar surface area (TPSA) is 64.5 Å². The fourth-order valence-electron chi connectivity index (χ4n) is 5.50. The summed E-state index contributed by atoms with van der Waals surface area (Å²) in [5.41, 5.74) is 10.7. The van der Waals surface area contributed by atoms with Gasteiger partial charge in [0.05, 0.1) is 29.3 Å². The van der Waals surface area contributed by atoms with Crippen molar-refractivity contribution in [1.82, 2.24) is 24.9 Å². The summed E-state index contributed by atoms with van der Waals surface area (Å²) >= 11 is 0. The molecule has 0 aliphatic carbocycles. The van der Waals surface area contributed by atoms with E-state index in [0.717, 1.165) is 72.4 Å². The van der Waals surface area contributed by atoms with Gasteiger partial charge < -0.3 is 9.97 Å². The van der Waals surface area contributed by atoms with Crippen molar-refractivity contribution in [2.75, 3.05) is 0 Å². The number of pyridine rings is 3. The van der Waals surface area contributed by atoms with Crippen LogP contribution in [-0.2, 0) is 20.1 Å². The second-order valence-corrected chi connectivity index (χ2v) is 11.0. The molecule has 0 bridgehead atoms. The average molecular weight is 784 g/mol. The van der Waals surface area contributed by atoms with Crippen LogP contribution in [0.25, 0.3) is 66.7 Å². The molecule has 0 atom stereocenters. The van der Waals surface area contributed by atoms with Gasteiger partial charge in [0.15, 0.2) is 0 Å². The Hall–Kier alpha value is -5.42. The quantitative estimate of drug-likeness (QED) is 0.132. The van der Waals surface area contributed by atoms with E-state index in [9.17, 15) is 0 Å². The molecule has 47 heavy (non-hydrogen) atoms. The first-order chi connectivity index (χ1) is 22.6. The molecular weight excluding hydrogens is 755 g/mol. The van der Waals surface area contributed by atoms with E-state index in [0.29, 0.717) is 0 Å². The van der Waals surface area contributed by atoms with E-state index in [-0.39, 0.29) is 20.1 Å². The van der Waals surface area contributed by atoms with Crippen LogP contribution in [0, 0.1) is 26.0 Å². The van der Waals surface area contributed by atoms with E-state index >= 15 is 0 Å². The van der Waals surface area contributed by atoms with Crippen molar-refractivity contribution >= 4 is 21.7 Å². The second kappa shape index (κ2) is 14.3. The fourth-order valence-corrected chi connectivity index (χ4v) is 5.50. The van der Waals surface area contributed by atoms with Crippen LogP contribution in [0.3, 0.4) is 0 Å². The average Bonchev–Trinajstić information content (AvgIpc) is 3.13. The van der Waals surface area contributed by atoms with Crippen LogP contribution in [0.15, 0.2) is 140 Å². The first-order valence-corrected chi connectivity index (χ1v) is 15.1. The van der Waals surface area contributed by atoms with E-state index < -0.39 is 0 Å². The van der Waals surface area contributed by atoms with Crippen molar-refractivity contribution in [3.05, 3.63) is 163 Å². The number of aromatic nitrogens is 5. The Labute approximate surface area is 287 Å². The van der Waals surface area contributed by atoms with Gasteiger partial charge in [0.1, 0.15) is 0 Å².